The van der Waals surface area contributed by atoms with Gasteiger partial charge in [0.15, 0.2) is 0 Å². The Morgan fingerprint density at radius 1 is 0.903 bits per heavy atom. The fraction of sp³-hybridized carbons (Fsp3) is 0.321. The zero-order valence-corrected chi connectivity index (χ0v) is 18.7. The largest absolute Gasteiger partial charge is 0.354 e. The van der Waals surface area contributed by atoms with E-state index in [1.807, 2.05) is 18.5 Å². The minimum Gasteiger partial charge on any atom is -0.354 e. The molecule has 0 bridgehead atoms. The molecule has 0 saturated heterocycles. The van der Waals surface area contributed by atoms with Gasteiger partial charge in [0, 0.05) is 29.0 Å². The number of benzene rings is 2. The molecule has 0 spiro atoms. The average Bonchev–Trinajstić information content (AvgIpc) is 3.14. The summed E-state index contributed by atoms with van der Waals surface area (Å²) in [5.41, 5.74) is 9.10. The van der Waals surface area contributed by atoms with Crippen molar-refractivity contribution in [2.75, 3.05) is 13.1 Å². The number of H-pyrrole nitrogens is 1. The molecule has 1 radical (unpaired) electrons. The van der Waals surface area contributed by atoms with E-state index in [2.05, 4.69) is 77.7 Å². The number of aromatic nitrogens is 2. The Bertz CT molecular complexity index is 1090. The fourth-order valence-corrected chi connectivity index (χ4v) is 4.40. The van der Waals surface area contributed by atoms with Gasteiger partial charge in [-0.2, -0.15) is 0 Å². The third-order valence-electron chi connectivity index (χ3n) is 5.88. The molecule has 0 atom stereocenters. The van der Waals surface area contributed by atoms with Crippen molar-refractivity contribution in [3.05, 3.63) is 89.2 Å². The minimum absolute atomic E-state index is 0.990. The molecule has 0 amide bonds. The number of unbranched alkanes of at least 4 members (excludes halogenated alkanes) is 2. The van der Waals surface area contributed by atoms with Crippen molar-refractivity contribution >= 4 is 10.9 Å². The number of aromatic amines is 1. The number of hydrogen-bond donors (Lipinski definition) is 2. The first-order valence-corrected chi connectivity index (χ1v) is 11.4. The van der Waals surface area contributed by atoms with Crippen LogP contribution in [0.25, 0.3) is 22.2 Å². The molecule has 4 aromatic rings. The Balaban J connectivity index is 1.33. The SMILES string of the molecule is Cc1cc(C)cc(-c2[nH]c3cc[c]cc3c2CCNCCCCCc2ccncc2)c1. The highest BCUT2D eigenvalue weighted by atomic mass is 14.8. The number of fused-ring (bicyclic) bond motifs is 1. The lowest BCUT2D eigenvalue weighted by Gasteiger charge is -2.09. The summed E-state index contributed by atoms with van der Waals surface area (Å²) in [5.74, 6) is 0. The first-order chi connectivity index (χ1) is 15.2. The van der Waals surface area contributed by atoms with Crippen LogP contribution in [0.3, 0.4) is 0 Å². The third kappa shape index (κ3) is 5.62. The zero-order chi connectivity index (χ0) is 21.5. The lowest BCUT2D eigenvalue weighted by atomic mass is 9.99. The maximum atomic E-state index is 4.08. The molecule has 2 heterocycles. The van der Waals surface area contributed by atoms with E-state index in [4.69, 9.17) is 0 Å². The lowest BCUT2D eigenvalue weighted by Crippen LogP contribution is -2.18. The van der Waals surface area contributed by atoms with Gasteiger partial charge in [-0.15, -0.1) is 0 Å². The molecule has 0 aliphatic rings. The van der Waals surface area contributed by atoms with Crippen molar-refractivity contribution in [1.29, 1.82) is 0 Å². The molecule has 0 aliphatic carbocycles. The summed E-state index contributed by atoms with van der Waals surface area (Å²) in [7, 11) is 0. The zero-order valence-electron chi connectivity index (χ0n) is 18.7. The standard InChI is InChI=1S/C28H32N3/c1-21-18-22(2)20-24(19-21)28-26(25-9-5-6-10-27(25)31-28)13-17-29-14-7-3-4-8-23-11-15-30-16-12-23/h6,9-12,15-16,18-20,29,31H,3-4,7-8,13-14,17H2,1-2H3. The molecule has 159 valence electrons. The number of aryl methyl sites for hydroxylation is 3. The Labute approximate surface area is 185 Å². The van der Waals surface area contributed by atoms with Crippen molar-refractivity contribution in [2.24, 2.45) is 0 Å². The van der Waals surface area contributed by atoms with Gasteiger partial charge >= 0.3 is 0 Å². The number of pyridine rings is 1. The van der Waals surface area contributed by atoms with Crippen LogP contribution < -0.4 is 5.32 Å². The molecule has 0 fully saturated rings. The van der Waals surface area contributed by atoms with Crippen LogP contribution in [-0.4, -0.2) is 23.1 Å². The molecule has 0 saturated carbocycles. The van der Waals surface area contributed by atoms with Gasteiger partial charge in [-0.3, -0.25) is 4.98 Å². The van der Waals surface area contributed by atoms with Crippen molar-refractivity contribution in [2.45, 2.75) is 46.0 Å². The molecule has 0 aliphatic heterocycles. The van der Waals surface area contributed by atoms with E-state index in [0.717, 1.165) is 25.9 Å². The van der Waals surface area contributed by atoms with Crippen molar-refractivity contribution in [3.8, 4) is 11.3 Å². The van der Waals surface area contributed by atoms with E-state index in [1.165, 1.54) is 63.7 Å². The predicted octanol–water partition coefficient (Wildman–Crippen LogP) is 6.19. The van der Waals surface area contributed by atoms with Crippen LogP contribution in [0.4, 0.5) is 0 Å². The highest BCUT2D eigenvalue weighted by Gasteiger charge is 2.13. The number of nitrogens with one attached hydrogen (secondary N) is 2. The van der Waals surface area contributed by atoms with Crippen LogP contribution in [0.1, 0.15) is 41.5 Å². The van der Waals surface area contributed by atoms with E-state index in [0.29, 0.717) is 0 Å². The normalized spacial score (nSPS) is 11.3. The minimum atomic E-state index is 0.990. The van der Waals surface area contributed by atoms with E-state index in [9.17, 15) is 0 Å². The Kier molecular flexibility index (Phi) is 7.16. The molecular formula is C28H32N3. The molecule has 2 N–H and O–H groups in total. The van der Waals surface area contributed by atoms with Gasteiger partial charge < -0.3 is 10.3 Å². The predicted molar refractivity (Wildman–Crippen MR) is 130 cm³/mol. The summed E-state index contributed by atoms with van der Waals surface area (Å²) in [6, 6.07) is 20.5. The van der Waals surface area contributed by atoms with Crippen molar-refractivity contribution < 1.29 is 0 Å². The summed E-state index contributed by atoms with van der Waals surface area (Å²) in [6.45, 7) is 6.40. The van der Waals surface area contributed by atoms with E-state index in [-0.39, 0.29) is 0 Å². The van der Waals surface area contributed by atoms with Crippen molar-refractivity contribution in [3.63, 3.8) is 0 Å². The van der Waals surface area contributed by atoms with Crippen LogP contribution in [-0.2, 0) is 12.8 Å². The summed E-state index contributed by atoms with van der Waals surface area (Å²) in [5, 5.41) is 4.94. The number of nitrogens with zero attached hydrogens (tertiary/aromatic N) is 1. The summed E-state index contributed by atoms with van der Waals surface area (Å²) >= 11 is 0. The summed E-state index contributed by atoms with van der Waals surface area (Å²) < 4.78 is 0. The molecule has 0 unspecified atom stereocenters. The highest BCUT2D eigenvalue weighted by molar-refractivity contribution is 5.90. The van der Waals surface area contributed by atoms with Crippen LogP contribution >= 0.6 is 0 Å². The first-order valence-electron chi connectivity index (χ1n) is 11.4. The maximum absolute atomic E-state index is 4.08. The fourth-order valence-electron chi connectivity index (χ4n) is 4.40. The van der Waals surface area contributed by atoms with E-state index in [1.54, 1.807) is 0 Å². The second kappa shape index (κ2) is 10.4. The monoisotopic (exact) mass is 410 g/mol. The Hall–Kier alpha value is -2.91. The van der Waals surface area contributed by atoms with Crippen molar-refractivity contribution in [1.82, 2.24) is 15.3 Å². The van der Waals surface area contributed by atoms with Crippen LogP contribution in [0.15, 0.2) is 60.9 Å². The van der Waals surface area contributed by atoms with Crippen LogP contribution in [0, 0.1) is 19.9 Å². The smallest absolute Gasteiger partial charge is 0.0498 e. The number of rotatable bonds is 10. The second-order valence-corrected chi connectivity index (χ2v) is 8.49. The molecular weight excluding hydrogens is 378 g/mol. The van der Waals surface area contributed by atoms with Gasteiger partial charge in [0.1, 0.15) is 0 Å². The van der Waals surface area contributed by atoms with Crippen LogP contribution in [0.5, 0.6) is 0 Å². The number of hydrogen-bond acceptors (Lipinski definition) is 2. The second-order valence-electron chi connectivity index (χ2n) is 8.49. The topological polar surface area (TPSA) is 40.7 Å². The van der Waals surface area contributed by atoms with Gasteiger partial charge in [-0.05, 0) is 112 Å². The van der Waals surface area contributed by atoms with Gasteiger partial charge in [0.05, 0.1) is 0 Å². The van der Waals surface area contributed by atoms with Gasteiger partial charge in [-0.25, -0.2) is 0 Å². The molecule has 31 heavy (non-hydrogen) atoms. The molecule has 3 nitrogen and oxygen atoms in total. The van der Waals surface area contributed by atoms with E-state index < -0.39 is 0 Å². The lowest BCUT2D eigenvalue weighted by molar-refractivity contribution is 0.604. The van der Waals surface area contributed by atoms with Crippen LogP contribution in [0.2, 0.25) is 0 Å². The van der Waals surface area contributed by atoms with Gasteiger partial charge in [0.25, 0.3) is 0 Å². The highest BCUT2D eigenvalue weighted by Crippen LogP contribution is 2.31. The average molecular weight is 411 g/mol. The Morgan fingerprint density at radius 3 is 2.52 bits per heavy atom. The molecule has 4 rings (SSSR count). The summed E-state index contributed by atoms with van der Waals surface area (Å²) in [6.07, 6.45) is 9.63. The molecule has 2 aromatic heterocycles. The van der Waals surface area contributed by atoms with Gasteiger partial charge in [0.2, 0.25) is 0 Å². The first kappa shape index (κ1) is 21.3. The Morgan fingerprint density at radius 2 is 1.71 bits per heavy atom. The van der Waals surface area contributed by atoms with Gasteiger partial charge in [-0.1, -0.05) is 29.7 Å². The third-order valence-corrected chi connectivity index (χ3v) is 5.88. The molecule has 3 heteroatoms. The summed E-state index contributed by atoms with van der Waals surface area (Å²) in [4.78, 5) is 7.75. The quantitative estimate of drug-likeness (QED) is 0.306. The molecule has 2 aromatic carbocycles. The maximum Gasteiger partial charge on any atom is 0.0498 e. The van der Waals surface area contributed by atoms with E-state index >= 15 is 0 Å².